The summed E-state index contributed by atoms with van der Waals surface area (Å²) in [6.45, 7) is 9.12. The van der Waals surface area contributed by atoms with Crippen molar-refractivity contribution in [3.05, 3.63) is 30.6 Å². The number of morpholine rings is 1. The maximum atomic E-state index is 6.06. The van der Waals surface area contributed by atoms with Crippen LogP contribution in [0.1, 0.15) is 32.4 Å². The van der Waals surface area contributed by atoms with Crippen molar-refractivity contribution in [3.8, 4) is 11.4 Å². The summed E-state index contributed by atoms with van der Waals surface area (Å²) in [5, 5.41) is 9.29. The molecule has 9 nitrogen and oxygen atoms in total. The quantitative estimate of drug-likeness (QED) is 0.633. The van der Waals surface area contributed by atoms with Crippen LogP contribution in [0.15, 0.2) is 30.6 Å². The molecule has 1 N–H and O–H groups in total. The van der Waals surface area contributed by atoms with Crippen molar-refractivity contribution in [2.24, 2.45) is 0 Å². The lowest BCUT2D eigenvalue weighted by Crippen LogP contribution is -2.50. The predicted octanol–water partition coefficient (Wildman–Crippen LogP) is 2.83. The van der Waals surface area contributed by atoms with Gasteiger partial charge in [0.05, 0.1) is 24.6 Å². The van der Waals surface area contributed by atoms with Crippen LogP contribution in [-0.2, 0) is 9.47 Å². The standard InChI is InChI=1S/C25H33N7O2/c1-18-17-26-9-10-31(18)21-16-22(30-11-14-33-15-12-30)29-24-19(21)5-7-27-25(24)20-6-8-28-32(20)23-4-2-3-13-34-23/h5-8,16,18,23,26H,2-4,9-15,17H2,1H3. The smallest absolute Gasteiger partial charge is 0.150 e. The van der Waals surface area contributed by atoms with Crippen molar-refractivity contribution < 1.29 is 9.47 Å². The predicted molar refractivity (Wildman–Crippen MR) is 132 cm³/mol. The van der Waals surface area contributed by atoms with Gasteiger partial charge in [-0.3, -0.25) is 4.98 Å². The molecule has 180 valence electrons. The van der Waals surface area contributed by atoms with Crippen molar-refractivity contribution in [2.75, 3.05) is 62.3 Å². The highest BCUT2D eigenvalue weighted by atomic mass is 16.5. The zero-order valence-corrected chi connectivity index (χ0v) is 19.8. The fraction of sp³-hybridized carbons (Fsp3) is 0.560. The van der Waals surface area contributed by atoms with Crippen molar-refractivity contribution in [1.82, 2.24) is 25.1 Å². The number of hydrogen-bond acceptors (Lipinski definition) is 8. The summed E-state index contributed by atoms with van der Waals surface area (Å²) in [6.07, 6.45) is 6.93. The molecule has 2 unspecified atom stereocenters. The number of aromatic nitrogens is 4. The van der Waals surface area contributed by atoms with E-state index in [0.717, 1.165) is 99.9 Å². The summed E-state index contributed by atoms with van der Waals surface area (Å²) in [4.78, 5) is 14.9. The Morgan fingerprint density at radius 1 is 1.06 bits per heavy atom. The van der Waals surface area contributed by atoms with E-state index in [9.17, 15) is 0 Å². The maximum absolute atomic E-state index is 6.06. The summed E-state index contributed by atoms with van der Waals surface area (Å²) in [5.74, 6) is 0.991. The Kier molecular flexibility index (Phi) is 6.07. The molecular weight excluding hydrogens is 430 g/mol. The van der Waals surface area contributed by atoms with Crippen LogP contribution in [0.2, 0.25) is 0 Å². The highest BCUT2D eigenvalue weighted by Gasteiger charge is 2.26. The van der Waals surface area contributed by atoms with E-state index in [2.05, 4.69) is 39.3 Å². The second-order valence-electron chi connectivity index (χ2n) is 9.38. The first kappa shape index (κ1) is 21.8. The molecule has 34 heavy (non-hydrogen) atoms. The van der Waals surface area contributed by atoms with Gasteiger partial charge in [-0.15, -0.1) is 0 Å². The number of fused-ring (bicyclic) bond motifs is 1. The van der Waals surface area contributed by atoms with Crippen LogP contribution in [0.5, 0.6) is 0 Å². The van der Waals surface area contributed by atoms with Gasteiger partial charge in [-0.2, -0.15) is 5.10 Å². The lowest BCUT2D eigenvalue weighted by Gasteiger charge is -2.37. The van der Waals surface area contributed by atoms with Gasteiger partial charge in [-0.1, -0.05) is 0 Å². The van der Waals surface area contributed by atoms with E-state index in [1.807, 2.05) is 23.1 Å². The lowest BCUT2D eigenvalue weighted by molar-refractivity contribution is -0.0383. The minimum Gasteiger partial charge on any atom is -0.378 e. The molecule has 3 aliphatic heterocycles. The maximum Gasteiger partial charge on any atom is 0.150 e. The van der Waals surface area contributed by atoms with E-state index < -0.39 is 0 Å². The molecule has 0 spiro atoms. The van der Waals surface area contributed by atoms with Crippen LogP contribution in [0.4, 0.5) is 11.5 Å². The molecule has 3 fully saturated rings. The van der Waals surface area contributed by atoms with Gasteiger partial charge in [0.25, 0.3) is 0 Å². The minimum absolute atomic E-state index is 0.0501. The lowest BCUT2D eigenvalue weighted by atomic mass is 10.1. The summed E-state index contributed by atoms with van der Waals surface area (Å²) >= 11 is 0. The molecule has 3 aliphatic rings. The minimum atomic E-state index is -0.0501. The fourth-order valence-electron chi connectivity index (χ4n) is 5.35. The number of nitrogens with zero attached hydrogens (tertiary/aromatic N) is 6. The Labute approximate surface area is 200 Å². The van der Waals surface area contributed by atoms with Crippen molar-refractivity contribution in [3.63, 3.8) is 0 Å². The van der Waals surface area contributed by atoms with Crippen LogP contribution in [0, 0.1) is 0 Å². The van der Waals surface area contributed by atoms with Crippen LogP contribution in [0.3, 0.4) is 0 Å². The van der Waals surface area contributed by atoms with Crippen LogP contribution < -0.4 is 15.1 Å². The summed E-state index contributed by atoms with van der Waals surface area (Å²) in [5.41, 5.74) is 3.97. The molecule has 0 aromatic carbocycles. The summed E-state index contributed by atoms with van der Waals surface area (Å²) in [7, 11) is 0. The number of anilines is 2. The van der Waals surface area contributed by atoms with E-state index >= 15 is 0 Å². The largest absolute Gasteiger partial charge is 0.378 e. The molecule has 3 aromatic heterocycles. The molecular formula is C25H33N7O2. The third-order valence-electron chi connectivity index (χ3n) is 7.18. The molecule has 6 heterocycles. The van der Waals surface area contributed by atoms with Gasteiger partial charge in [0, 0.05) is 69.2 Å². The summed E-state index contributed by atoms with van der Waals surface area (Å²) in [6, 6.07) is 6.81. The number of pyridine rings is 2. The number of nitrogens with one attached hydrogen (secondary N) is 1. The van der Waals surface area contributed by atoms with Crippen molar-refractivity contribution in [1.29, 1.82) is 0 Å². The van der Waals surface area contributed by atoms with E-state index in [1.165, 1.54) is 5.69 Å². The van der Waals surface area contributed by atoms with Gasteiger partial charge in [-0.25, -0.2) is 9.67 Å². The molecule has 9 heteroatoms. The second-order valence-corrected chi connectivity index (χ2v) is 9.38. The monoisotopic (exact) mass is 463 g/mol. The molecule has 3 saturated heterocycles. The Morgan fingerprint density at radius 2 is 1.97 bits per heavy atom. The molecule has 0 radical (unpaired) electrons. The first-order valence-electron chi connectivity index (χ1n) is 12.5. The fourth-order valence-corrected chi connectivity index (χ4v) is 5.35. The highest BCUT2D eigenvalue weighted by molar-refractivity contribution is 6.00. The third-order valence-corrected chi connectivity index (χ3v) is 7.18. The Hall–Kier alpha value is -2.75. The van der Waals surface area contributed by atoms with Gasteiger partial charge in [0.2, 0.25) is 0 Å². The van der Waals surface area contributed by atoms with Crippen molar-refractivity contribution in [2.45, 2.75) is 38.5 Å². The average molecular weight is 464 g/mol. The highest BCUT2D eigenvalue weighted by Crippen LogP contribution is 2.37. The van der Waals surface area contributed by atoms with Crippen LogP contribution in [0.25, 0.3) is 22.3 Å². The number of hydrogen-bond donors (Lipinski definition) is 1. The number of rotatable bonds is 4. The van der Waals surface area contributed by atoms with Gasteiger partial charge < -0.3 is 24.6 Å². The van der Waals surface area contributed by atoms with Gasteiger partial charge in [0.15, 0.2) is 6.23 Å². The topological polar surface area (TPSA) is 80.6 Å². The molecule has 6 rings (SSSR count). The Bertz CT molecular complexity index is 1140. The zero-order valence-electron chi connectivity index (χ0n) is 19.8. The molecule has 0 aliphatic carbocycles. The van der Waals surface area contributed by atoms with Crippen LogP contribution in [-0.4, -0.2) is 78.3 Å². The van der Waals surface area contributed by atoms with E-state index in [-0.39, 0.29) is 6.23 Å². The van der Waals surface area contributed by atoms with Gasteiger partial charge in [0.1, 0.15) is 17.0 Å². The number of ether oxygens (including phenoxy) is 2. The first-order chi connectivity index (χ1) is 16.8. The third kappa shape index (κ3) is 4.01. The average Bonchev–Trinajstić information content (AvgIpc) is 3.39. The van der Waals surface area contributed by atoms with E-state index in [1.54, 1.807) is 0 Å². The zero-order chi connectivity index (χ0) is 22.9. The molecule has 0 amide bonds. The summed E-state index contributed by atoms with van der Waals surface area (Å²) < 4.78 is 13.7. The number of piperazine rings is 1. The molecule has 2 atom stereocenters. The second kappa shape index (κ2) is 9.48. The molecule has 0 bridgehead atoms. The van der Waals surface area contributed by atoms with E-state index in [4.69, 9.17) is 19.4 Å². The SMILES string of the molecule is CC1CNCCN1c1cc(N2CCOCC2)nc2c(-c3ccnn3C3CCCCO3)nccc12. The van der Waals surface area contributed by atoms with Gasteiger partial charge in [-0.05, 0) is 38.3 Å². The van der Waals surface area contributed by atoms with E-state index in [0.29, 0.717) is 6.04 Å². The van der Waals surface area contributed by atoms with Crippen molar-refractivity contribution >= 4 is 22.4 Å². The first-order valence-corrected chi connectivity index (χ1v) is 12.5. The Balaban J connectivity index is 1.51. The Morgan fingerprint density at radius 3 is 2.79 bits per heavy atom. The molecule has 0 saturated carbocycles. The molecule has 3 aromatic rings. The van der Waals surface area contributed by atoms with Gasteiger partial charge >= 0.3 is 0 Å². The normalized spacial score (nSPS) is 24.0. The van der Waals surface area contributed by atoms with Crippen LogP contribution >= 0.6 is 0 Å².